The van der Waals surface area contributed by atoms with E-state index in [9.17, 15) is 14.4 Å². The maximum Gasteiger partial charge on any atom is 0.250 e. The monoisotopic (exact) mass is 458 g/mol. The highest BCUT2D eigenvalue weighted by Crippen LogP contribution is 2.51. The highest BCUT2D eigenvalue weighted by atomic mass is 16.2. The minimum Gasteiger partial charge on any atom is -0.305 e. The predicted octanol–water partition coefficient (Wildman–Crippen LogP) is 5.07. The standard InChI is InChI=1S/C29H34N2O3/c1-19(30-26(33)21-14-8-9-15-22(21)27(30)34)25(32)31-24-17-11-10-16-23(24)29(4,18-28(31,2)3)20-12-6-5-7-13-20/h5-7,10-13,16-17,19,21-22H,8-9,14-15,18H2,1-4H3/t19-,21-,22+,29-/m1/s1. The molecule has 1 saturated heterocycles. The minimum atomic E-state index is -0.820. The quantitative estimate of drug-likeness (QED) is 0.604. The molecule has 1 saturated carbocycles. The van der Waals surface area contributed by atoms with Gasteiger partial charge in [-0.1, -0.05) is 68.3 Å². The zero-order valence-electron chi connectivity index (χ0n) is 20.6. The topological polar surface area (TPSA) is 57.7 Å². The van der Waals surface area contributed by atoms with E-state index in [1.807, 2.05) is 29.2 Å². The summed E-state index contributed by atoms with van der Waals surface area (Å²) in [6.45, 7) is 8.13. The van der Waals surface area contributed by atoms with Crippen LogP contribution in [0, 0.1) is 11.8 Å². The number of carbonyl (C=O) groups is 3. The van der Waals surface area contributed by atoms with Crippen LogP contribution in [0.2, 0.25) is 0 Å². The van der Waals surface area contributed by atoms with Crippen LogP contribution >= 0.6 is 0 Å². The molecular formula is C29H34N2O3. The van der Waals surface area contributed by atoms with Gasteiger partial charge in [-0.05, 0) is 57.2 Å². The fourth-order valence-electron chi connectivity index (χ4n) is 6.85. The molecule has 2 fully saturated rings. The molecule has 0 aromatic heterocycles. The largest absolute Gasteiger partial charge is 0.305 e. The Labute approximate surface area is 202 Å². The first-order chi connectivity index (χ1) is 16.2. The van der Waals surface area contributed by atoms with E-state index in [0.29, 0.717) is 0 Å². The van der Waals surface area contributed by atoms with Crippen molar-refractivity contribution in [2.24, 2.45) is 11.8 Å². The Kier molecular flexibility index (Phi) is 5.42. The van der Waals surface area contributed by atoms with Crippen LogP contribution in [0.3, 0.4) is 0 Å². The summed E-state index contributed by atoms with van der Waals surface area (Å²) in [5.74, 6) is -1.01. The molecular weight excluding hydrogens is 424 g/mol. The summed E-state index contributed by atoms with van der Waals surface area (Å²) in [6.07, 6.45) is 4.18. The summed E-state index contributed by atoms with van der Waals surface area (Å²) in [6, 6.07) is 17.7. The van der Waals surface area contributed by atoms with Gasteiger partial charge >= 0.3 is 0 Å². The summed E-state index contributed by atoms with van der Waals surface area (Å²) in [5, 5.41) is 0. The molecule has 3 amide bonds. The Morgan fingerprint density at radius 1 is 0.882 bits per heavy atom. The fourth-order valence-corrected chi connectivity index (χ4v) is 6.85. The second kappa shape index (κ2) is 8.07. The van der Waals surface area contributed by atoms with Crippen LogP contribution in [0.25, 0.3) is 0 Å². The van der Waals surface area contributed by atoms with Crippen molar-refractivity contribution in [2.75, 3.05) is 4.90 Å². The van der Waals surface area contributed by atoms with Crippen LogP contribution in [0.4, 0.5) is 5.69 Å². The molecule has 0 N–H and O–H groups in total. The minimum absolute atomic E-state index is 0.159. The molecule has 5 heteroatoms. The van der Waals surface area contributed by atoms with Gasteiger partial charge in [0, 0.05) is 16.6 Å². The van der Waals surface area contributed by atoms with Gasteiger partial charge < -0.3 is 4.90 Å². The second-order valence-electron chi connectivity index (χ2n) is 11.1. The first-order valence-electron chi connectivity index (χ1n) is 12.5. The van der Waals surface area contributed by atoms with Gasteiger partial charge in [0.2, 0.25) is 11.8 Å². The van der Waals surface area contributed by atoms with Gasteiger partial charge in [0.25, 0.3) is 5.91 Å². The number of hydrogen-bond donors (Lipinski definition) is 0. The lowest BCUT2D eigenvalue weighted by molar-refractivity contribution is -0.147. The molecule has 3 aliphatic rings. The Bertz CT molecular complexity index is 1120. The molecule has 178 valence electrons. The summed E-state index contributed by atoms with van der Waals surface area (Å²) in [5.41, 5.74) is 2.38. The van der Waals surface area contributed by atoms with E-state index in [2.05, 4.69) is 51.1 Å². The molecule has 0 unspecified atom stereocenters. The molecule has 2 aromatic carbocycles. The zero-order chi connectivity index (χ0) is 24.3. The van der Waals surface area contributed by atoms with Crippen LogP contribution in [-0.4, -0.2) is 34.2 Å². The Morgan fingerprint density at radius 3 is 2.06 bits per heavy atom. The lowest BCUT2D eigenvalue weighted by atomic mass is 9.65. The normalized spacial score (nSPS) is 28.9. The van der Waals surface area contributed by atoms with E-state index >= 15 is 0 Å². The molecule has 0 bridgehead atoms. The van der Waals surface area contributed by atoms with Crippen molar-refractivity contribution in [1.82, 2.24) is 4.90 Å². The first kappa shape index (κ1) is 22.8. The average Bonchev–Trinajstić information content (AvgIpc) is 3.08. The molecule has 2 aromatic rings. The molecule has 34 heavy (non-hydrogen) atoms. The van der Waals surface area contributed by atoms with Gasteiger partial charge in [-0.15, -0.1) is 0 Å². The van der Waals surface area contributed by atoms with Crippen molar-refractivity contribution in [3.05, 3.63) is 65.7 Å². The van der Waals surface area contributed by atoms with E-state index in [0.717, 1.165) is 43.4 Å². The number of rotatable bonds is 3. The third kappa shape index (κ3) is 3.31. The third-order valence-corrected chi connectivity index (χ3v) is 8.38. The number of benzene rings is 2. The van der Waals surface area contributed by atoms with Gasteiger partial charge in [0.05, 0.1) is 11.8 Å². The summed E-state index contributed by atoms with van der Waals surface area (Å²) in [7, 11) is 0. The van der Waals surface area contributed by atoms with Crippen molar-refractivity contribution in [1.29, 1.82) is 0 Å². The Hall–Kier alpha value is -2.95. The number of likely N-dealkylation sites (tertiary alicyclic amines) is 1. The molecule has 4 atom stereocenters. The van der Waals surface area contributed by atoms with Crippen LogP contribution in [-0.2, 0) is 19.8 Å². The number of imide groups is 1. The van der Waals surface area contributed by atoms with Crippen LogP contribution in [0.5, 0.6) is 0 Å². The molecule has 5 nitrogen and oxygen atoms in total. The van der Waals surface area contributed by atoms with Gasteiger partial charge in [0.15, 0.2) is 0 Å². The summed E-state index contributed by atoms with van der Waals surface area (Å²) in [4.78, 5) is 43.6. The lowest BCUT2D eigenvalue weighted by Gasteiger charge is -2.52. The number of para-hydroxylation sites is 1. The average molecular weight is 459 g/mol. The predicted molar refractivity (Wildman–Crippen MR) is 132 cm³/mol. The van der Waals surface area contributed by atoms with Crippen molar-refractivity contribution in [3.63, 3.8) is 0 Å². The van der Waals surface area contributed by atoms with Crippen molar-refractivity contribution >= 4 is 23.4 Å². The Balaban J connectivity index is 1.54. The number of amides is 3. The van der Waals surface area contributed by atoms with Crippen LogP contribution in [0.1, 0.15) is 70.9 Å². The third-order valence-electron chi connectivity index (χ3n) is 8.38. The maximum absolute atomic E-state index is 14.1. The fraction of sp³-hybridized carbons (Fsp3) is 0.483. The highest BCUT2D eigenvalue weighted by molar-refractivity contribution is 6.11. The van der Waals surface area contributed by atoms with Crippen LogP contribution in [0.15, 0.2) is 54.6 Å². The number of carbonyl (C=O) groups excluding carboxylic acids is 3. The SMILES string of the molecule is C[C@H](C(=O)N1c2ccccc2[C@@](C)(c2ccccc2)CC1(C)C)N1C(=O)[C@H]2CCCC[C@H]2C1=O. The molecule has 2 heterocycles. The second-order valence-corrected chi connectivity index (χ2v) is 11.1. The number of nitrogens with zero attached hydrogens (tertiary/aromatic N) is 2. The van der Waals surface area contributed by atoms with Gasteiger partial charge in [-0.25, -0.2) is 0 Å². The van der Waals surface area contributed by atoms with Crippen LogP contribution < -0.4 is 4.90 Å². The first-order valence-corrected chi connectivity index (χ1v) is 12.5. The van der Waals surface area contributed by atoms with E-state index in [4.69, 9.17) is 0 Å². The molecule has 1 aliphatic carbocycles. The van der Waals surface area contributed by atoms with E-state index in [1.165, 1.54) is 10.5 Å². The van der Waals surface area contributed by atoms with Gasteiger partial charge in [-0.3, -0.25) is 19.3 Å². The summed E-state index contributed by atoms with van der Waals surface area (Å²) < 4.78 is 0. The highest BCUT2D eigenvalue weighted by Gasteiger charge is 2.54. The van der Waals surface area contributed by atoms with E-state index < -0.39 is 11.6 Å². The Morgan fingerprint density at radius 2 is 1.44 bits per heavy atom. The molecule has 0 radical (unpaired) electrons. The maximum atomic E-state index is 14.1. The summed E-state index contributed by atoms with van der Waals surface area (Å²) >= 11 is 0. The van der Waals surface area contributed by atoms with Crippen molar-refractivity contribution in [3.8, 4) is 0 Å². The molecule has 5 rings (SSSR count). The zero-order valence-corrected chi connectivity index (χ0v) is 20.6. The lowest BCUT2D eigenvalue weighted by Crippen LogP contribution is -2.60. The number of fused-ring (bicyclic) bond motifs is 2. The van der Waals surface area contributed by atoms with Crippen molar-refractivity contribution < 1.29 is 14.4 Å². The smallest absolute Gasteiger partial charge is 0.250 e. The molecule has 2 aliphatic heterocycles. The number of hydrogen-bond acceptors (Lipinski definition) is 3. The van der Waals surface area contributed by atoms with E-state index in [-0.39, 0.29) is 35.0 Å². The molecule has 0 spiro atoms. The van der Waals surface area contributed by atoms with Gasteiger partial charge in [-0.2, -0.15) is 0 Å². The van der Waals surface area contributed by atoms with Crippen molar-refractivity contribution in [2.45, 2.75) is 76.8 Å². The van der Waals surface area contributed by atoms with E-state index in [1.54, 1.807) is 6.92 Å². The number of anilines is 1. The van der Waals surface area contributed by atoms with Gasteiger partial charge in [0.1, 0.15) is 6.04 Å².